The average Bonchev–Trinajstić information content (AvgIpc) is 2.76. The lowest BCUT2D eigenvalue weighted by Gasteiger charge is -2.12. The quantitative estimate of drug-likeness (QED) is 0.535. The van der Waals surface area contributed by atoms with Crippen LogP contribution in [0.15, 0.2) is 24.4 Å². The number of rotatable bonds is 1. The maximum atomic E-state index is 13.8. The molecule has 0 saturated carbocycles. The van der Waals surface area contributed by atoms with Crippen molar-refractivity contribution in [2.24, 2.45) is 0 Å². The van der Waals surface area contributed by atoms with E-state index < -0.39 is 11.9 Å². The van der Waals surface area contributed by atoms with Crippen molar-refractivity contribution in [1.29, 1.82) is 0 Å². The highest BCUT2D eigenvalue weighted by atomic mass is 35.5. The van der Waals surface area contributed by atoms with Gasteiger partial charge in [-0.1, -0.05) is 11.6 Å². The maximum absolute atomic E-state index is 13.8. The number of aromatic amines is 1. The van der Waals surface area contributed by atoms with Gasteiger partial charge in [-0.05, 0) is 12.1 Å². The molecule has 0 saturated heterocycles. The van der Waals surface area contributed by atoms with Gasteiger partial charge in [-0.2, -0.15) is 0 Å². The SMILES string of the molecule is CN(C(=O)O)c1cc(F)cc2c1[nH]c1c2cc(Cl)c[n+]1[O-]. The van der Waals surface area contributed by atoms with Crippen molar-refractivity contribution < 1.29 is 19.0 Å². The molecule has 0 unspecified atom stereocenters. The Kier molecular flexibility index (Phi) is 2.87. The minimum absolute atomic E-state index is 0.116. The molecule has 2 heterocycles. The average molecular weight is 310 g/mol. The van der Waals surface area contributed by atoms with E-state index in [1.165, 1.54) is 19.2 Å². The summed E-state index contributed by atoms with van der Waals surface area (Å²) < 4.78 is 14.3. The van der Waals surface area contributed by atoms with Gasteiger partial charge in [-0.25, -0.2) is 18.9 Å². The summed E-state index contributed by atoms with van der Waals surface area (Å²) in [5.74, 6) is -0.607. The molecule has 1 amide bonds. The van der Waals surface area contributed by atoms with Crippen molar-refractivity contribution in [2.75, 3.05) is 11.9 Å². The van der Waals surface area contributed by atoms with Gasteiger partial charge in [-0.3, -0.25) is 4.90 Å². The molecule has 0 bridgehead atoms. The van der Waals surface area contributed by atoms with Crippen molar-refractivity contribution in [1.82, 2.24) is 4.98 Å². The lowest BCUT2D eigenvalue weighted by atomic mass is 10.1. The van der Waals surface area contributed by atoms with E-state index in [4.69, 9.17) is 16.7 Å². The van der Waals surface area contributed by atoms with Gasteiger partial charge in [0.1, 0.15) is 12.0 Å². The number of pyridine rings is 1. The third-order valence-corrected chi connectivity index (χ3v) is 3.47. The largest absolute Gasteiger partial charge is 0.711 e. The summed E-state index contributed by atoms with van der Waals surface area (Å²) in [6, 6.07) is 3.83. The van der Waals surface area contributed by atoms with Gasteiger partial charge in [0.05, 0.1) is 16.1 Å². The Morgan fingerprint density at radius 2 is 2.14 bits per heavy atom. The number of hydrogen-bond acceptors (Lipinski definition) is 2. The zero-order valence-electron chi connectivity index (χ0n) is 10.7. The fourth-order valence-corrected chi connectivity index (χ4v) is 2.49. The zero-order chi connectivity index (χ0) is 15.3. The Morgan fingerprint density at radius 3 is 2.81 bits per heavy atom. The number of hydrogen-bond donors (Lipinski definition) is 2. The Balaban J connectivity index is 2.46. The van der Waals surface area contributed by atoms with Crippen LogP contribution < -0.4 is 9.63 Å². The first-order valence-electron chi connectivity index (χ1n) is 5.89. The van der Waals surface area contributed by atoms with Gasteiger partial charge in [0, 0.05) is 18.5 Å². The number of fused-ring (bicyclic) bond motifs is 3. The van der Waals surface area contributed by atoms with Gasteiger partial charge in [0.2, 0.25) is 0 Å². The van der Waals surface area contributed by atoms with Crippen LogP contribution in [0.1, 0.15) is 0 Å². The first kappa shape index (κ1) is 13.4. The van der Waals surface area contributed by atoms with E-state index in [0.717, 1.165) is 17.2 Å². The summed E-state index contributed by atoms with van der Waals surface area (Å²) in [6.07, 6.45) is -0.0791. The molecule has 0 aliphatic carbocycles. The number of anilines is 1. The minimum atomic E-state index is -1.24. The molecule has 0 fully saturated rings. The maximum Gasteiger partial charge on any atom is 0.411 e. The van der Waals surface area contributed by atoms with E-state index >= 15 is 0 Å². The van der Waals surface area contributed by atoms with Crippen molar-refractivity contribution >= 4 is 45.3 Å². The number of aromatic nitrogens is 2. The molecule has 3 rings (SSSR count). The van der Waals surface area contributed by atoms with Crippen LogP contribution in [0.4, 0.5) is 14.9 Å². The number of amides is 1. The smallest absolute Gasteiger partial charge is 0.411 e. The van der Waals surface area contributed by atoms with E-state index in [1.54, 1.807) is 0 Å². The molecule has 6 nitrogen and oxygen atoms in total. The highest BCUT2D eigenvalue weighted by Crippen LogP contribution is 2.32. The van der Waals surface area contributed by atoms with Crippen molar-refractivity contribution in [3.8, 4) is 0 Å². The lowest BCUT2D eigenvalue weighted by molar-refractivity contribution is -0.578. The van der Waals surface area contributed by atoms with Crippen LogP contribution in [0.5, 0.6) is 0 Å². The summed E-state index contributed by atoms with van der Waals surface area (Å²) in [7, 11) is 1.29. The van der Waals surface area contributed by atoms with Crippen LogP contribution in [-0.2, 0) is 0 Å². The van der Waals surface area contributed by atoms with Gasteiger partial charge in [-0.15, -0.1) is 0 Å². The predicted octanol–water partition coefficient (Wildman–Crippen LogP) is 2.86. The second-order valence-corrected chi connectivity index (χ2v) is 5.00. The first-order valence-corrected chi connectivity index (χ1v) is 6.26. The molecule has 8 heteroatoms. The van der Waals surface area contributed by atoms with E-state index in [2.05, 4.69) is 4.98 Å². The highest BCUT2D eigenvalue weighted by Gasteiger charge is 2.21. The van der Waals surface area contributed by atoms with E-state index in [1.807, 2.05) is 0 Å². The summed E-state index contributed by atoms with van der Waals surface area (Å²) in [5.41, 5.74) is 0.646. The number of carboxylic acid groups (broad SMARTS) is 1. The van der Waals surface area contributed by atoms with Gasteiger partial charge in [0.25, 0.3) is 5.65 Å². The number of benzene rings is 1. The number of nitrogens with one attached hydrogen (secondary N) is 1. The topological polar surface area (TPSA) is 83.3 Å². The predicted molar refractivity (Wildman–Crippen MR) is 76.2 cm³/mol. The molecular formula is C13H9ClFN3O3. The van der Waals surface area contributed by atoms with Gasteiger partial charge < -0.3 is 10.3 Å². The van der Waals surface area contributed by atoms with E-state index in [9.17, 15) is 14.4 Å². The first-order chi connectivity index (χ1) is 9.88. The molecule has 2 aromatic heterocycles. The number of nitrogens with zero attached hydrogens (tertiary/aromatic N) is 2. The van der Waals surface area contributed by atoms with Crippen molar-refractivity contribution in [3.05, 3.63) is 40.4 Å². The third kappa shape index (κ3) is 2.02. The summed E-state index contributed by atoms with van der Waals surface area (Å²) in [5, 5.41) is 21.9. The molecule has 108 valence electrons. The van der Waals surface area contributed by atoms with Crippen LogP contribution in [0.25, 0.3) is 21.9 Å². The Bertz CT molecular complexity index is 893. The summed E-state index contributed by atoms with van der Waals surface area (Å²) >= 11 is 5.84. The monoisotopic (exact) mass is 309 g/mol. The fourth-order valence-electron chi connectivity index (χ4n) is 2.29. The van der Waals surface area contributed by atoms with Crippen LogP contribution >= 0.6 is 11.6 Å². The molecule has 0 radical (unpaired) electrons. The van der Waals surface area contributed by atoms with Gasteiger partial charge >= 0.3 is 6.09 Å². The van der Waals surface area contributed by atoms with Crippen LogP contribution in [-0.4, -0.2) is 23.2 Å². The fraction of sp³-hybridized carbons (Fsp3) is 0.0769. The molecule has 0 spiro atoms. The second-order valence-electron chi connectivity index (χ2n) is 4.56. The van der Waals surface area contributed by atoms with Crippen molar-refractivity contribution in [3.63, 3.8) is 0 Å². The molecule has 21 heavy (non-hydrogen) atoms. The molecule has 0 aliphatic rings. The molecule has 1 aromatic carbocycles. The Morgan fingerprint density at radius 1 is 1.43 bits per heavy atom. The standard InChI is InChI=1S/C13H9ClFN3O3/c1-17(13(19)20)10-4-7(15)3-8-9-2-6(14)5-18(21)12(9)16-11(8)10/h2-5,16H,1H3,(H,19,20). The van der Waals surface area contributed by atoms with Crippen LogP contribution in [0.3, 0.4) is 0 Å². The van der Waals surface area contributed by atoms with E-state index in [0.29, 0.717) is 21.0 Å². The number of halogens is 2. The van der Waals surface area contributed by atoms with Crippen molar-refractivity contribution in [2.45, 2.75) is 0 Å². The molecular weight excluding hydrogens is 301 g/mol. The minimum Gasteiger partial charge on any atom is -0.711 e. The molecule has 0 atom stereocenters. The normalized spacial score (nSPS) is 11.2. The van der Waals surface area contributed by atoms with E-state index in [-0.39, 0.29) is 16.4 Å². The van der Waals surface area contributed by atoms with Gasteiger partial charge in [0.15, 0.2) is 5.52 Å². The summed E-state index contributed by atoms with van der Waals surface area (Å²) in [4.78, 5) is 14.8. The third-order valence-electron chi connectivity index (χ3n) is 3.26. The molecule has 3 aromatic rings. The lowest BCUT2D eigenvalue weighted by Crippen LogP contribution is -2.26. The zero-order valence-corrected chi connectivity index (χ0v) is 11.5. The highest BCUT2D eigenvalue weighted by molar-refractivity contribution is 6.31. The molecule has 0 aliphatic heterocycles. The van der Waals surface area contributed by atoms with Crippen LogP contribution in [0, 0.1) is 11.0 Å². The molecule has 2 N–H and O–H groups in total. The number of H-pyrrole nitrogens is 1. The Labute approximate surface area is 122 Å². The summed E-state index contributed by atoms with van der Waals surface area (Å²) in [6.45, 7) is 0. The Hall–Kier alpha value is -2.54. The second kappa shape index (κ2) is 4.49. The number of carbonyl (C=O) groups is 1. The van der Waals surface area contributed by atoms with Crippen LogP contribution in [0.2, 0.25) is 5.02 Å².